The minimum Gasteiger partial charge on any atom is -0.355 e. The molecule has 76 valence electrons. The van der Waals surface area contributed by atoms with Crippen LogP contribution in [0.4, 0.5) is 11.4 Å². The second kappa shape index (κ2) is 4.77. The summed E-state index contributed by atoms with van der Waals surface area (Å²) in [5, 5.41) is 3.29. The number of aromatic nitrogens is 1. The van der Waals surface area contributed by atoms with Crippen molar-refractivity contribution < 1.29 is 0 Å². The lowest BCUT2D eigenvalue weighted by Crippen LogP contribution is -1.91. The quantitative estimate of drug-likeness (QED) is 0.887. The highest BCUT2D eigenvalue weighted by molar-refractivity contribution is 9.10. The van der Waals surface area contributed by atoms with Crippen molar-refractivity contribution in [1.29, 1.82) is 0 Å². The fourth-order valence-corrected chi connectivity index (χ4v) is 1.78. The Balaban J connectivity index is 2.22. The highest BCUT2D eigenvalue weighted by atomic mass is 79.9. The number of hydrogen-bond acceptors (Lipinski definition) is 2. The molecule has 1 aromatic heterocycles. The SMILES string of the molecule is Brc1ccc(Nc2ccncc2Br)cc1. The summed E-state index contributed by atoms with van der Waals surface area (Å²) in [5.41, 5.74) is 2.05. The zero-order valence-corrected chi connectivity index (χ0v) is 10.9. The number of benzene rings is 1. The molecule has 1 heterocycles. The molecular weight excluding hydrogens is 320 g/mol. The highest BCUT2D eigenvalue weighted by Crippen LogP contribution is 2.25. The monoisotopic (exact) mass is 326 g/mol. The Morgan fingerprint density at radius 1 is 1.00 bits per heavy atom. The third-order valence-electron chi connectivity index (χ3n) is 1.90. The largest absolute Gasteiger partial charge is 0.355 e. The normalized spacial score (nSPS) is 10.0. The molecule has 4 heteroatoms. The van der Waals surface area contributed by atoms with Crippen LogP contribution in [0, 0.1) is 0 Å². The van der Waals surface area contributed by atoms with E-state index in [2.05, 4.69) is 42.2 Å². The lowest BCUT2D eigenvalue weighted by atomic mass is 10.3. The lowest BCUT2D eigenvalue weighted by Gasteiger charge is -2.07. The predicted molar refractivity (Wildman–Crippen MR) is 69.4 cm³/mol. The Bertz CT molecular complexity index is 454. The smallest absolute Gasteiger partial charge is 0.0593 e. The molecule has 0 aliphatic carbocycles. The van der Waals surface area contributed by atoms with Gasteiger partial charge in [-0.1, -0.05) is 15.9 Å². The van der Waals surface area contributed by atoms with Crippen LogP contribution in [0.1, 0.15) is 0 Å². The van der Waals surface area contributed by atoms with Crippen molar-refractivity contribution in [3.05, 3.63) is 51.7 Å². The topological polar surface area (TPSA) is 24.9 Å². The molecule has 0 fully saturated rings. The Morgan fingerprint density at radius 3 is 2.40 bits per heavy atom. The van der Waals surface area contributed by atoms with E-state index < -0.39 is 0 Å². The van der Waals surface area contributed by atoms with Crippen molar-refractivity contribution >= 4 is 43.2 Å². The predicted octanol–water partition coefficient (Wildman–Crippen LogP) is 4.35. The molecule has 0 aliphatic rings. The molecule has 0 radical (unpaired) electrons. The molecule has 0 aliphatic heterocycles. The molecule has 0 saturated carbocycles. The van der Waals surface area contributed by atoms with Crippen molar-refractivity contribution in [3.63, 3.8) is 0 Å². The molecule has 1 N–H and O–H groups in total. The average molecular weight is 328 g/mol. The lowest BCUT2D eigenvalue weighted by molar-refractivity contribution is 1.30. The molecule has 2 rings (SSSR count). The van der Waals surface area contributed by atoms with Crippen LogP contribution in [0.2, 0.25) is 0 Å². The first kappa shape index (κ1) is 10.6. The number of nitrogens with zero attached hydrogens (tertiary/aromatic N) is 1. The number of hydrogen-bond donors (Lipinski definition) is 1. The molecule has 0 spiro atoms. The average Bonchev–Trinajstić information content (AvgIpc) is 2.25. The summed E-state index contributed by atoms with van der Waals surface area (Å²) in [4.78, 5) is 4.01. The van der Waals surface area contributed by atoms with Crippen LogP contribution in [0.15, 0.2) is 51.7 Å². The van der Waals surface area contributed by atoms with E-state index in [9.17, 15) is 0 Å². The van der Waals surface area contributed by atoms with Gasteiger partial charge in [0, 0.05) is 22.6 Å². The summed E-state index contributed by atoms with van der Waals surface area (Å²) in [7, 11) is 0. The van der Waals surface area contributed by atoms with Crippen LogP contribution in [-0.2, 0) is 0 Å². The van der Waals surface area contributed by atoms with Crippen LogP contribution >= 0.6 is 31.9 Å². The van der Waals surface area contributed by atoms with Gasteiger partial charge in [0.25, 0.3) is 0 Å². The van der Waals surface area contributed by atoms with Crippen LogP contribution in [-0.4, -0.2) is 4.98 Å². The van der Waals surface area contributed by atoms with Gasteiger partial charge in [-0.05, 0) is 46.3 Å². The van der Waals surface area contributed by atoms with Gasteiger partial charge >= 0.3 is 0 Å². The maximum Gasteiger partial charge on any atom is 0.0593 e. The van der Waals surface area contributed by atoms with E-state index >= 15 is 0 Å². The Morgan fingerprint density at radius 2 is 1.73 bits per heavy atom. The van der Waals surface area contributed by atoms with Crippen LogP contribution in [0.5, 0.6) is 0 Å². The number of pyridine rings is 1. The second-order valence-corrected chi connectivity index (χ2v) is 4.76. The Kier molecular flexibility index (Phi) is 3.38. The molecule has 0 unspecified atom stereocenters. The maximum atomic E-state index is 4.01. The number of halogens is 2. The number of rotatable bonds is 2. The zero-order valence-electron chi connectivity index (χ0n) is 7.74. The van der Waals surface area contributed by atoms with Gasteiger partial charge < -0.3 is 5.32 Å². The van der Waals surface area contributed by atoms with E-state index in [1.165, 1.54) is 0 Å². The van der Waals surface area contributed by atoms with Crippen molar-refractivity contribution in [2.75, 3.05) is 5.32 Å². The number of nitrogens with one attached hydrogen (secondary N) is 1. The third kappa shape index (κ3) is 2.79. The standard InChI is InChI=1S/C11H8Br2N2/c12-8-1-3-9(4-2-8)15-11-5-6-14-7-10(11)13/h1-7H,(H,14,15). The van der Waals surface area contributed by atoms with Crippen LogP contribution in [0.25, 0.3) is 0 Å². The summed E-state index contributed by atoms with van der Waals surface area (Å²) in [6.07, 6.45) is 3.52. The van der Waals surface area contributed by atoms with Gasteiger partial charge in [-0.2, -0.15) is 0 Å². The minimum absolute atomic E-state index is 0.952. The van der Waals surface area contributed by atoms with E-state index in [0.717, 1.165) is 20.3 Å². The van der Waals surface area contributed by atoms with Gasteiger partial charge in [0.1, 0.15) is 0 Å². The van der Waals surface area contributed by atoms with Crippen LogP contribution in [0.3, 0.4) is 0 Å². The summed E-state index contributed by atoms with van der Waals surface area (Å²) < 4.78 is 2.02. The summed E-state index contributed by atoms with van der Waals surface area (Å²) in [5.74, 6) is 0. The molecule has 0 bridgehead atoms. The minimum atomic E-state index is 0.952. The fraction of sp³-hybridized carbons (Fsp3) is 0. The van der Waals surface area contributed by atoms with Gasteiger partial charge in [-0.3, -0.25) is 4.98 Å². The van der Waals surface area contributed by atoms with Crippen molar-refractivity contribution in [3.8, 4) is 0 Å². The molecule has 2 nitrogen and oxygen atoms in total. The van der Waals surface area contributed by atoms with Gasteiger partial charge in [-0.25, -0.2) is 0 Å². The Hall–Kier alpha value is -0.870. The molecule has 2 aromatic rings. The second-order valence-electron chi connectivity index (χ2n) is 2.99. The molecule has 0 atom stereocenters. The van der Waals surface area contributed by atoms with Gasteiger partial charge in [0.05, 0.1) is 10.2 Å². The Labute approximate surface area is 105 Å². The fourth-order valence-electron chi connectivity index (χ4n) is 1.17. The maximum absolute atomic E-state index is 4.01. The molecule has 15 heavy (non-hydrogen) atoms. The van der Waals surface area contributed by atoms with Crippen molar-refractivity contribution in [2.24, 2.45) is 0 Å². The highest BCUT2D eigenvalue weighted by Gasteiger charge is 1.98. The first-order chi connectivity index (χ1) is 7.25. The molecule has 1 aromatic carbocycles. The van der Waals surface area contributed by atoms with Gasteiger partial charge in [0.2, 0.25) is 0 Å². The van der Waals surface area contributed by atoms with E-state index in [1.54, 1.807) is 12.4 Å². The number of anilines is 2. The molecule has 0 saturated heterocycles. The van der Waals surface area contributed by atoms with E-state index in [4.69, 9.17) is 0 Å². The molecule has 0 amide bonds. The molecular formula is C11H8Br2N2. The first-order valence-corrected chi connectivity index (χ1v) is 5.96. The van der Waals surface area contributed by atoms with Crippen molar-refractivity contribution in [1.82, 2.24) is 4.98 Å². The van der Waals surface area contributed by atoms with E-state index in [0.29, 0.717) is 0 Å². The zero-order chi connectivity index (χ0) is 10.7. The van der Waals surface area contributed by atoms with Gasteiger partial charge in [-0.15, -0.1) is 0 Å². The first-order valence-electron chi connectivity index (χ1n) is 4.38. The third-order valence-corrected chi connectivity index (χ3v) is 3.06. The van der Waals surface area contributed by atoms with Crippen molar-refractivity contribution in [2.45, 2.75) is 0 Å². The van der Waals surface area contributed by atoms with E-state index in [1.807, 2.05) is 30.3 Å². The van der Waals surface area contributed by atoms with E-state index in [-0.39, 0.29) is 0 Å². The summed E-state index contributed by atoms with van der Waals surface area (Å²) in [6.45, 7) is 0. The summed E-state index contributed by atoms with van der Waals surface area (Å²) in [6, 6.07) is 9.94. The summed E-state index contributed by atoms with van der Waals surface area (Å²) >= 11 is 6.83. The van der Waals surface area contributed by atoms with Crippen LogP contribution < -0.4 is 5.32 Å². The van der Waals surface area contributed by atoms with Gasteiger partial charge in [0.15, 0.2) is 0 Å².